The molecular weight excluding hydrogens is 383 g/mol. The Morgan fingerprint density at radius 2 is 1.75 bits per heavy atom. The molecule has 2 aromatic rings. The maximum Gasteiger partial charge on any atom is 0.261 e. The number of nitrogens with zero attached hydrogens (tertiary/aromatic N) is 1. The molecule has 0 bridgehead atoms. The van der Waals surface area contributed by atoms with Crippen LogP contribution in [0.2, 0.25) is 5.02 Å². The van der Waals surface area contributed by atoms with Gasteiger partial charge in [0.15, 0.2) is 6.61 Å². The quantitative estimate of drug-likeness (QED) is 0.725. The summed E-state index contributed by atoms with van der Waals surface area (Å²) in [4.78, 5) is 26.5. The maximum atomic E-state index is 14.1. The minimum Gasteiger partial charge on any atom is -0.484 e. The van der Waals surface area contributed by atoms with Gasteiger partial charge >= 0.3 is 0 Å². The molecule has 0 aromatic heterocycles. The zero-order valence-corrected chi connectivity index (χ0v) is 16.9. The van der Waals surface area contributed by atoms with Crippen molar-refractivity contribution < 1.29 is 18.7 Å². The minimum absolute atomic E-state index is 0.0395. The van der Waals surface area contributed by atoms with Crippen LogP contribution in [0.4, 0.5) is 4.39 Å². The van der Waals surface area contributed by atoms with Crippen molar-refractivity contribution in [3.05, 3.63) is 64.9 Å². The van der Waals surface area contributed by atoms with Gasteiger partial charge in [-0.3, -0.25) is 9.59 Å². The third-order valence-corrected chi connectivity index (χ3v) is 4.32. The van der Waals surface area contributed by atoms with Crippen LogP contribution in [0.3, 0.4) is 0 Å². The van der Waals surface area contributed by atoms with Crippen molar-refractivity contribution in [3.63, 3.8) is 0 Å². The van der Waals surface area contributed by atoms with E-state index >= 15 is 0 Å². The van der Waals surface area contributed by atoms with Crippen molar-refractivity contribution in [2.45, 2.75) is 39.4 Å². The predicted molar refractivity (Wildman–Crippen MR) is 107 cm³/mol. The number of nitrogens with one attached hydrogen (secondary N) is 1. The first-order valence-electron chi connectivity index (χ1n) is 8.99. The molecule has 5 nitrogen and oxygen atoms in total. The second kappa shape index (κ2) is 10.1. The summed E-state index contributed by atoms with van der Waals surface area (Å²) >= 11 is 5.84. The molecule has 0 saturated heterocycles. The van der Waals surface area contributed by atoms with E-state index in [2.05, 4.69) is 5.32 Å². The highest BCUT2D eigenvalue weighted by molar-refractivity contribution is 6.30. The first-order valence-corrected chi connectivity index (χ1v) is 9.37. The van der Waals surface area contributed by atoms with Crippen LogP contribution < -0.4 is 10.1 Å². The number of amides is 2. The second-order valence-electron chi connectivity index (χ2n) is 6.69. The van der Waals surface area contributed by atoms with Crippen molar-refractivity contribution >= 4 is 23.4 Å². The lowest BCUT2D eigenvalue weighted by Crippen LogP contribution is -2.50. The van der Waals surface area contributed by atoms with Gasteiger partial charge in [-0.1, -0.05) is 29.8 Å². The van der Waals surface area contributed by atoms with Crippen LogP contribution in [-0.4, -0.2) is 35.4 Å². The van der Waals surface area contributed by atoms with Crippen LogP contribution in [0.5, 0.6) is 5.75 Å². The van der Waals surface area contributed by atoms with Crippen molar-refractivity contribution in [3.8, 4) is 5.75 Å². The highest BCUT2D eigenvalue weighted by atomic mass is 35.5. The monoisotopic (exact) mass is 406 g/mol. The number of carbonyl (C=O) groups is 2. The number of halogens is 2. The van der Waals surface area contributed by atoms with Crippen LogP contribution in [0.25, 0.3) is 0 Å². The van der Waals surface area contributed by atoms with E-state index in [0.717, 1.165) is 0 Å². The van der Waals surface area contributed by atoms with Gasteiger partial charge in [0, 0.05) is 23.2 Å². The Hall–Kier alpha value is -2.60. The second-order valence-corrected chi connectivity index (χ2v) is 7.13. The SMILES string of the molecule is CC(C)NC(=O)[C@H](C)N(Cc1ccccc1F)C(=O)COc1ccc(Cl)cc1. The maximum absolute atomic E-state index is 14.1. The Balaban J connectivity index is 2.15. The van der Waals surface area contributed by atoms with Gasteiger partial charge in [0.05, 0.1) is 0 Å². The molecule has 2 amide bonds. The first-order chi connectivity index (χ1) is 13.3. The normalized spacial score (nSPS) is 11.8. The average Bonchev–Trinajstić information content (AvgIpc) is 2.65. The Morgan fingerprint density at radius 3 is 2.36 bits per heavy atom. The molecule has 1 N–H and O–H groups in total. The van der Waals surface area contributed by atoms with E-state index in [1.807, 2.05) is 13.8 Å². The smallest absolute Gasteiger partial charge is 0.261 e. The van der Waals surface area contributed by atoms with Gasteiger partial charge in [0.2, 0.25) is 5.91 Å². The highest BCUT2D eigenvalue weighted by Gasteiger charge is 2.27. The summed E-state index contributed by atoms with van der Waals surface area (Å²) in [5.41, 5.74) is 0.325. The van der Waals surface area contributed by atoms with Crippen molar-refractivity contribution in [1.82, 2.24) is 10.2 Å². The Morgan fingerprint density at radius 1 is 1.11 bits per heavy atom. The zero-order valence-electron chi connectivity index (χ0n) is 16.1. The standard InChI is InChI=1S/C21H24ClFN2O3/c1-14(2)24-21(27)15(3)25(12-16-6-4-5-7-19(16)23)20(26)13-28-18-10-8-17(22)9-11-18/h4-11,14-15H,12-13H2,1-3H3,(H,24,27)/t15-/m0/s1. The van der Waals surface area contributed by atoms with Crippen molar-refractivity contribution in [1.29, 1.82) is 0 Å². The van der Waals surface area contributed by atoms with Gasteiger partial charge in [0.25, 0.3) is 5.91 Å². The molecule has 0 radical (unpaired) electrons. The van der Waals surface area contributed by atoms with Crippen molar-refractivity contribution in [2.24, 2.45) is 0 Å². The summed E-state index contributed by atoms with van der Waals surface area (Å²) in [7, 11) is 0. The number of benzene rings is 2. The molecule has 150 valence electrons. The minimum atomic E-state index is -0.789. The van der Waals surface area contributed by atoms with Gasteiger partial charge in [-0.05, 0) is 51.1 Å². The topological polar surface area (TPSA) is 58.6 Å². The van der Waals surface area contributed by atoms with Crippen LogP contribution >= 0.6 is 11.6 Å². The fourth-order valence-electron chi connectivity index (χ4n) is 2.56. The van der Waals surface area contributed by atoms with E-state index in [0.29, 0.717) is 16.3 Å². The summed E-state index contributed by atoms with van der Waals surface area (Å²) in [6.45, 7) is 4.95. The highest BCUT2D eigenvalue weighted by Crippen LogP contribution is 2.17. The first kappa shape index (κ1) is 21.7. The third kappa shape index (κ3) is 6.23. The molecule has 0 aliphatic carbocycles. The predicted octanol–water partition coefficient (Wildman–Crippen LogP) is 3.80. The lowest BCUT2D eigenvalue weighted by Gasteiger charge is -2.29. The van der Waals surface area contributed by atoms with E-state index in [4.69, 9.17) is 16.3 Å². The average molecular weight is 407 g/mol. The molecule has 0 fully saturated rings. The van der Waals surface area contributed by atoms with E-state index in [1.54, 1.807) is 49.4 Å². The Bertz CT molecular complexity index is 812. The number of hydrogen-bond donors (Lipinski definition) is 1. The molecule has 28 heavy (non-hydrogen) atoms. The van der Waals surface area contributed by atoms with Crippen LogP contribution in [-0.2, 0) is 16.1 Å². The van der Waals surface area contributed by atoms with Gasteiger partial charge in [-0.15, -0.1) is 0 Å². The third-order valence-electron chi connectivity index (χ3n) is 4.07. The molecule has 7 heteroatoms. The van der Waals surface area contributed by atoms with Crippen LogP contribution in [0.1, 0.15) is 26.3 Å². The van der Waals surface area contributed by atoms with Crippen LogP contribution in [0, 0.1) is 5.82 Å². The largest absolute Gasteiger partial charge is 0.484 e. The molecule has 2 aromatic carbocycles. The zero-order chi connectivity index (χ0) is 20.7. The molecule has 0 unspecified atom stereocenters. The van der Waals surface area contributed by atoms with E-state index < -0.39 is 17.8 Å². The number of rotatable bonds is 8. The molecule has 0 aliphatic heterocycles. The summed E-state index contributed by atoms with van der Waals surface area (Å²) in [5.74, 6) is -0.700. The van der Waals surface area contributed by atoms with E-state index in [9.17, 15) is 14.0 Å². The molecule has 2 rings (SSSR count). The van der Waals surface area contributed by atoms with Crippen LogP contribution in [0.15, 0.2) is 48.5 Å². The van der Waals surface area contributed by atoms with Gasteiger partial charge in [-0.25, -0.2) is 4.39 Å². The Labute approximate surface area is 169 Å². The Kier molecular flexibility index (Phi) is 7.81. The van der Waals surface area contributed by atoms with Crippen molar-refractivity contribution in [2.75, 3.05) is 6.61 Å². The van der Waals surface area contributed by atoms with Gasteiger partial charge in [0.1, 0.15) is 17.6 Å². The molecular formula is C21H24ClFN2O3. The molecule has 0 saturated carbocycles. The molecule has 0 aliphatic rings. The number of hydrogen-bond acceptors (Lipinski definition) is 3. The summed E-state index contributed by atoms with van der Waals surface area (Å²) in [6.07, 6.45) is 0. The van der Waals surface area contributed by atoms with E-state index in [1.165, 1.54) is 11.0 Å². The number of carbonyl (C=O) groups excluding carboxylic acids is 2. The molecule has 0 spiro atoms. The molecule has 1 atom stereocenters. The van der Waals surface area contributed by atoms with Gasteiger partial charge in [-0.2, -0.15) is 0 Å². The summed E-state index contributed by atoms with van der Waals surface area (Å²) in [5, 5.41) is 3.33. The fourth-order valence-corrected chi connectivity index (χ4v) is 2.68. The fraction of sp³-hybridized carbons (Fsp3) is 0.333. The summed E-state index contributed by atoms with van der Waals surface area (Å²) < 4.78 is 19.6. The van der Waals surface area contributed by atoms with Gasteiger partial charge < -0.3 is 15.0 Å². The summed E-state index contributed by atoms with van der Waals surface area (Å²) in [6, 6.07) is 11.9. The molecule has 0 heterocycles. The van der Waals surface area contributed by atoms with E-state index in [-0.39, 0.29) is 25.1 Å². The lowest BCUT2D eigenvalue weighted by molar-refractivity contribution is -0.142. The number of ether oxygens (including phenoxy) is 1. The lowest BCUT2D eigenvalue weighted by atomic mass is 10.1.